The second-order valence-corrected chi connectivity index (χ2v) is 8.98. The monoisotopic (exact) mass is 518 g/mol. The summed E-state index contributed by atoms with van der Waals surface area (Å²) in [5.41, 5.74) is 1.89. The summed E-state index contributed by atoms with van der Waals surface area (Å²) in [6.45, 7) is 3.83. The number of methoxy groups -OCH3 is 2. The molecular formula is C28H26N2O6S. The van der Waals surface area contributed by atoms with Gasteiger partial charge in [0.2, 0.25) is 0 Å². The van der Waals surface area contributed by atoms with Crippen molar-refractivity contribution in [1.82, 2.24) is 4.57 Å². The lowest BCUT2D eigenvalue weighted by Crippen LogP contribution is -2.40. The molecule has 0 aliphatic carbocycles. The van der Waals surface area contributed by atoms with Crippen LogP contribution in [0.2, 0.25) is 0 Å². The van der Waals surface area contributed by atoms with Gasteiger partial charge in [0.05, 0.1) is 36.6 Å². The van der Waals surface area contributed by atoms with Crippen LogP contribution in [0.5, 0.6) is 17.2 Å². The van der Waals surface area contributed by atoms with E-state index in [1.165, 1.54) is 23.0 Å². The molecule has 190 valence electrons. The number of nitrogens with zero attached hydrogens (tertiary/aromatic N) is 2. The highest BCUT2D eigenvalue weighted by molar-refractivity contribution is 7.07. The molecule has 0 saturated carbocycles. The number of benzene rings is 2. The number of esters is 1. The number of thiazole rings is 1. The Morgan fingerprint density at radius 1 is 1.16 bits per heavy atom. The molecule has 2 heterocycles. The summed E-state index contributed by atoms with van der Waals surface area (Å²) in [6.07, 6.45) is 7.02. The SMILES string of the molecule is C#CCOc1ccc(/C=c2\sc3n(c2=O)[C@@H](c2ccc(OC)cc2OC)C(C(=O)OCC)=C(C)N=3)cc1. The lowest BCUT2D eigenvalue weighted by atomic mass is 9.95. The number of ether oxygens (including phenoxy) is 4. The van der Waals surface area contributed by atoms with Crippen LogP contribution >= 0.6 is 11.3 Å². The molecule has 1 aliphatic rings. The molecule has 1 aliphatic heterocycles. The number of carbonyl (C=O) groups is 1. The van der Waals surface area contributed by atoms with Gasteiger partial charge in [-0.05, 0) is 49.8 Å². The van der Waals surface area contributed by atoms with Crippen LogP contribution in [0.3, 0.4) is 0 Å². The Labute approximate surface area is 218 Å². The molecule has 0 spiro atoms. The quantitative estimate of drug-likeness (QED) is 0.337. The van der Waals surface area contributed by atoms with Crippen LogP contribution in [0.4, 0.5) is 0 Å². The minimum atomic E-state index is -0.794. The third-order valence-electron chi connectivity index (χ3n) is 5.75. The molecule has 3 aromatic rings. The fraction of sp³-hybridized carbons (Fsp3) is 0.250. The molecule has 37 heavy (non-hydrogen) atoms. The molecule has 0 unspecified atom stereocenters. The van der Waals surface area contributed by atoms with E-state index >= 15 is 0 Å². The van der Waals surface area contributed by atoms with E-state index in [-0.39, 0.29) is 24.3 Å². The Hall–Kier alpha value is -4.29. The summed E-state index contributed by atoms with van der Waals surface area (Å²) in [5.74, 6) is 3.58. The van der Waals surface area contributed by atoms with Crippen molar-refractivity contribution in [2.75, 3.05) is 27.4 Å². The normalized spacial score (nSPS) is 14.9. The molecule has 0 amide bonds. The fourth-order valence-electron chi connectivity index (χ4n) is 4.07. The van der Waals surface area contributed by atoms with E-state index in [1.807, 2.05) is 12.1 Å². The van der Waals surface area contributed by atoms with Crippen LogP contribution in [-0.4, -0.2) is 38.0 Å². The summed E-state index contributed by atoms with van der Waals surface area (Å²) in [5, 5.41) is 0. The van der Waals surface area contributed by atoms with Crippen molar-refractivity contribution in [3.8, 4) is 29.6 Å². The van der Waals surface area contributed by atoms with Crippen molar-refractivity contribution in [2.24, 2.45) is 4.99 Å². The van der Waals surface area contributed by atoms with Crippen LogP contribution in [0.1, 0.15) is 31.0 Å². The van der Waals surface area contributed by atoms with E-state index in [1.54, 1.807) is 57.4 Å². The first-order valence-corrected chi connectivity index (χ1v) is 12.3. The van der Waals surface area contributed by atoms with Crippen LogP contribution in [0, 0.1) is 12.3 Å². The number of hydrogen-bond donors (Lipinski definition) is 0. The Bertz CT molecular complexity index is 1570. The first-order chi connectivity index (χ1) is 17.9. The number of carbonyl (C=O) groups excluding carboxylic acids is 1. The molecule has 2 aromatic carbocycles. The predicted octanol–water partition coefficient (Wildman–Crippen LogP) is 2.83. The summed E-state index contributed by atoms with van der Waals surface area (Å²) in [7, 11) is 3.08. The molecule has 0 N–H and O–H groups in total. The van der Waals surface area contributed by atoms with Gasteiger partial charge in [-0.3, -0.25) is 9.36 Å². The smallest absolute Gasteiger partial charge is 0.338 e. The lowest BCUT2D eigenvalue weighted by Gasteiger charge is -2.26. The Morgan fingerprint density at radius 2 is 1.89 bits per heavy atom. The van der Waals surface area contributed by atoms with Crippen molar-refractivity contribution in [2.45, 2.75) is 19.9 Å². The van der Waals surface area contributed by atoms with Gasteiger partial charge >= 0.3 is 5.97 Å². The number of aromatic nitrogens is 1. The standard InChI is InChI=1S/C28H26N2O6S/c1-6-14-36-19-10-8-18(9-11-19)15-23-26(31)30-25(21-13-12-20(33-4)16-22(21)34-5)24(27(32)35-7-2)17(3)29-28(30)37-23/h1,8-13,15-16,25H,7,14H2,2-5H3/b23-15-/t25-/m0/s1. The average molecular weight is 519 g/mol. The highest BCUT2D eigenvalue weighted by Gasteiger charge is 2.35. The van der Waals surface area contributed by atoms with Gasteiger partial charge in [-0.2, -0.15) is 0 Å². The Kier molecular flexibility index (Phi) is 7.80. The van der Waals surface area contributed by atoms with Crippen molar-refractivity contribution in [1.29, 1.82) is 0 Å². The van der Waals surface area contributed by atoms with Crippen molar-refractivity contribution in [3.05, 3.63) is 84.5 Å². The van der Waals surface area contributed by atoms with Gasteiger partial charge in [-0.1, -0.05) is 29.4 Å². The van der Waals surface area contributed by atoms with Crippen molar-refractivity contribution < 1.29 is 23.7 Å². The molecule has 0 fully saturated rings. The molecule has 0 saturated heterocycles. The van der Waals surface area contributed by atoms with Gasteiger partial charge in [0, 0.05) is 11.6 Å². The van der Waals surface area contributed by atoms with Gasteiger partial charge in [-0.25, -0.2) is 9.79 Å². The predicted molar refractivity (Wildman–Crippen MR) is 141 cm³/mol. The zero-order valence-electron chi connectivity index (χ0n) is 20.9. The highest BCUT2D eigenvalue weighted by atomic mass is 32.1. The van der Waals surface area contributed by atoms with E-state index < -0.39 is 12.0 Å². The largest absolute Gasteiger partial charge is 0.497 e. The third-order valence-corrected chi connectivity index (χ3v) is 6.74. The summed E-state index contributed by atoms with van der Waals surface area (Å²) in [6, 6.07) is 11.7. The molecule has 1 aromatic heterocycles. The first kappa shape index (κ1) is 25.8. The molecule has 4 rings (SSSR count). The topological polar surface area (TPSA) is 88.3 Å². The molecule has 8 nitrogen and oxygen atoms in total. The van der Waals surface area contributed by atoms with E-state index in [0.29, 0.717) is 37.8 Å². The summed E-state index contributed by atoms with van der Waals surface area (Å²) < 4.78 is 23.7. The Morgan fingerprint density at radius 3 is 2.54 bits per heavy atom. The number of terminal acetylenes is 1. The molecule has 0 radical (unpaired) electrons. The zero-order chi connectivity index (χ0) is 26.5. The van der Waals surface area contributed by atoms with Gasteiger partial charge in [0.25, 0.3) is 5.56 Å². The van der Waals surface area contributed by atoms with Gasteiger partial charge in [0.1, 0.15) is 29.9 Å². The van der Waals surface area contributed by atoms with Crippen molar-refractivity contribution in [3.63, 3.8) is 0 Å². The molecule has 9 heteroatoms. The maximum Gasteiger partial charge on any atom is 0.338 e. The number of hydrogen-bond acceptors (Lipinski definition) is 8. The van der Waals surface area contributed by atoms with Crippen molar-refractivity contribution >= 4 is 23.4 Å². The maximum absolute atomic E-state index is 13.8. The van der Waals surface area contributed by atoms with Crippen LogP contribution in [0.15, 0.2) is 63.5 Å². The van der Waals surface area contributed by atoms with Crippen LogP contribution in [-0.2, 0) is 9.53 Å². The van der Waals surface area contributed by atoms with Crippen LogP contribution in [0.25, 0.3) is 6.08 Å². The molecule has 0 bridgehead atoms. The van der Waals surface area contributed by atoms with E-state index in [4.69, 9.17) is 25.4 Å². The number of rotatable bonds is 8. The lowest BCUT2D eigenvalue weighted by molar-refractivity contribution is -0.139. The third kappa shape index (κ3) is 5.15. The minimum Gasteiger partial charge on any atom is -0.497 e. The van der Waals surface area contributed by atoms with Gasteiger partial charge in [0.15, 0.2) is 4.80 Å². The second kappa shape index (κ2) is 11.2. The zero-order valence-corrected chi connectivity index (χ0v) is 21.8. The minimum absolute atomic E-state index is 0.176. The fourth-order valence-corrected chi connectivity index (χ4v) is 5.11. The van der Waals surface area contributed by atoms with Gasteiger partial charge in [-0.15, -0.1) is 6.42 Å². The summed E-state index contributed by atoms with van der Waals surface area (Å²) in [4.78, 5) is 31.9. The summed E-state index contributed by atoms with van der Waals surface area (Å²) >= 11 is 1.24. The Balaban J connectivity index is 1.90. The number of fused-ring (bicyclic) bond motifs is 1. The number of allylic oxidation sites excluding steroid dienone is 1. The molecule has 1 atom stereocenters. The maximum atomic E-state index is 13.8. The van der Waals surface area contributed by atoms with Crippen LogP contribution < -0.4 is 29.1 Å². The first-order valence-electron chi connectivity index (χ1n) is 11.5. The molecular weight excluding hydrogens is 492 g/mol. The van der Waals surface area contributed by atoms with E-state index in [0.717, 1.165) is 5.56 Å². The van der Waals surface area contributed by atoms with E-state index in [2.05, 4.69) is 10.9 Å². The highest BCUT2D eigenvalue weighted by Crippen LogP contribution is 2.37. The van der Waals surface area contributed by atoms with E-state index in [9.17, 15) is 9.59 Å². The van der Waals surface area contributed by atoms with Gasteiger partial charge < -0.3 is 18.9 Å². The second-order valence-electron chi connectivity index (χ2n) is 7.97. The average Bonchev–Trinajstić information content (AvgIpc) is 3.21.